The van der Waals surface area contributed by atoms with Crippen LogP contribution in [0.5, 0.6) is 0 Å². The summed E-state index contributed by atoms with van der Waals surface area (Å²) >= 11 is 5.92. The second-order valence-corrected chi connectivity index (χ2v) is 5.27. The molecular formula is C16H11ClN2O3. The number of halogens is 1. The van der Waals surface area contributed by atoms with Crippen LogP contribution >= 0.6 is 11.6 Å². The van der Waals surface area contributed by atoms with Crippen molar-refractivity contribution in [3.05, 3.63) is 68.9 Å². The number of allylic oxidation sites excluding steroid dienone is 1. The Bertz CT molecular complexity index is 882. The molecule has 3 aromatic rings. The quantitative estimate of drug-likeness (QED) is 0.515. The largest absolute Gasteiger partial charge is 0.356 e. The zero-order valence-corrected chi connectivity index (χ0v) is 12.4. The van der Waals surface area contributed by atoms with Gasteiger partial charge < -0.3 is 4.52 Å². The molecule has 5 nitrogen and oxygen atoms in total. The van der Waals surface area contributed by atoms with Gasteiger partial charge in [0, 0.05) is 35.0 Å². The number of nitro groups is 1. The molecule has 0 radical (unpaired) electrons. The molecule has 3 rings (SSSR count). The van der Waals surface area contributed by atoms with E-state index < -0.39 is 4.92 Å². The SMILES string of the molecule is CC(=Cc1ccc(-c2noc3cc(Cl)ccc23)cc1)[N+](=O)[O-]. The van der Waals surface area contributed by atoms with Crippen molar-refractivity contribution in [3.8, 4) is 11.3 Å². The number of nitrogens with zero attached hydrogens (tertiary/aromatic N) is 2. The third kappa shape index (κ3) is 2.71. The topological polar surface area (TPSA) is 69.2 Å². The molecule has 0 spiro atoms. The van der Waals surface area contributed by atoms with Crippen molar-refractivity contribution in [2.75, 3.05) is 0 Å². The summed E-state index contributed by atoms with van der Waals surface area (Å²) in [7, 11) is 0. The van der Waals surface area contributed by atoms with Crippen molar-refractivity contribution in [1.82, 2.24) is 5.16 Å². The number of fused-ring (bicyclic) bond motifs is 1. The number of rotatable bonds is 3. The monoisotopic (exact) mass is 314 g/mol. The van der Waals surface area contributed by atoms with Crippen molar-refractivity contribution >= 4 is 28.6 Å². The summed E-state index contributed by atoms with van der Waals surface area (Å²) in [6.07, 6.45) is 1.52. The maximum absolute atomic E-state index is 10.6. The molecule has 0 unspecified atom stereocenters. The van der Waals surface area contributed by atoms with Crippen molar-refractivity contribution in [2.24, 2.45) is 0 Å². The molecule has 0 aliphatic carbocycles. The molecule has 6 heteroatoms. The van der Waals surface area contributed by atoms with Crippen LogP contribution in [-0.4, -0.2) is 10.1 Å². The number of aromatic nitrogens is 1. The molecule has 0 aliphatic rings. The smallest absolute Gasteiger partial charge is 0.243 e. The lowest BCUT2D eigenvalue weighted by molar-refractivity contribution is -0.422. The van der Waals surface area contributed by atoms with Crippen LogP contribution < -0.4 is 0 Å². The van der Waals surface area contributed by atoms with E-state index in [4.69, 9.17) is 16.1 Å². The fourth-order valence-electron chi connectivity index (χ4n) is 2.15. The van der Waals surface area contributed by atoms with E-state index >= 15 is 0 Å². The van der Waals surface area contributed by atoms with E-state index in [0.29, 0.717) is 16.3 Å². The number of hydrogen-bond donors (Lipinski definition) is 0. The summed E-state index contributed by atoms with van der Waals surface area (Å²) in [5.74, 6) is 0. The Kier molecular flexibility index (Phi) is 3.65. The highest BCUT2D eigenvalue weighted by atomic mass is 35.5. The summed E-state index contributed by atoms with van der Waals surface area (Å²) in [5.41, 5.74) is 3.06. The highest BCUT2D eigenvalue weighted by molar-refractivity contribution is 6.31. The van der Waals surface area contributed by atoms with Gasteiger partial charge in [-0.3, -0.25) is 10.1 Å². The van der Waals surface area contributed by atoms with Crippen molar-refractivity contribution in [1.29, 1.82) is 0 Å². The van der Waals surface area contributed by atoms with Gasteiger partial charge in [-0.05, 0) is 17.7 Å². The van der Waals surface area contributed by atoms with Crippen LogP contribution in [0.4, 0.5) is 0 Å². The third-order valence-electron chi connectivity index (χ3n) is 3.28. The molecule has 1 aromatic heterocycles. The van der Waals surface area contributed by atoms with Crippen LogP contribution in [-0.2, 0) is 0 Å². The van der Waals surface area contributed by atoms with Gasteiger partial charge in [-0.2, -0.15) is 0 Å². The zero-order chi connectivity index (χ0) is 15.7. The molecule has 1 heterocycles. The third-order valence-corrected chi connectivity index (χ3v) is 3.52. The second kappa shape index (κ2) is 5.61. The van der Waals surface area contributed by atoms with Gasteiger partial charge in [-0.25, -0.2) is 0 Å². The highest BCUT2D eigenvalue weighted by Crippen LogP contribution is 2.30. The predicted octanol–water partition coefficient (Wildman–Crippen LogP) is 4.79. The Morgan fingerprint density at radius 1 is 1.27 bits per heavy atom. The minimum atomic E-state index is -0.414. The van der Waals surface area contributed by atoms with E-state index in [2.05, 4.69) is 5.16 Å². The summed E-state index contributed by atoms with van der Waals surface area (Å²) in [5, 5.41) is 16.2. The molecule has 22 heavy (non-hydrogen) atoms. The van der Waals surface area contributed by atoms with Crippen LogP contribution in [0, 0.1) is 10.1 Å². The van der Waals surface area contributed by atoms with Crippen LogP contribution in [0.3, 0.4) is 0 Å². The first-order chi connectivity index (χ1) is 10.5. The van der Waals surface area contributed by atoms with Gasteiger partial charge >= 0.3 is 0 Å². The second-order valence-electron chi connectivity index (χ2n) is 4.84. The molecule has 0 bridgehead atoms. The van der Waals surface area contributed by atoms with E-state index in [1.807, 2.05) is 18.2 Å². The molecule has 0 saturated heterocycles. The van der Waals surface area contributed by atoms with E-state index in [9.17, 15) is 10.1 Å². The fraction of sp³-hybridized carbons (Fsp3) is 0.0625. The maximum Gasteiger partial charge on any atom is 0.243 e. The highest BCUT2D eigenvalue weighted by Gasteiger charge is 2.11. The molecule has 0 amide bonds. The Balaban J connectivity index is 1.98. The Hall–Kier alpha value is -2.66. The average Bonchev–Trinajstić information content (AvgIpc) is 2.90. The first kappa shape index (κ1) is 14.3. The van der Waals surface area contributed by atoms with Gasteiger partial charge in [0.15, 0.2) is 5.58 Å². The van der Waals surface area contributed by atoms with E-state index in [1.165, 1.54) is 13.0 Å². The van der Waals surface area contributed by atoms with Gasteiger partial charge in [-0.15, -0.1) is 0 Å². The normalized spacial score (nSPS) is 11.8. The Morgan fingerprint density at radius 2 is 2.00 bits per heavy atom. The molecule has 2 aromatic carbocycles. The van der Waals surface area contributed by atoms with Crippen molar-refractivity contribution in [3.63, 3.8) is 0 Å². The van der Waals surface area contributed by atoms with Crippen LogP contribution in [0.25, 0.3) is 28.3 Å². The van der Waals surface area contributed by atoms with Crippen LogP contribution in [0.15, 0.2) is 52.7 Å². The molecule has 0 saturated carbocycles. The molecule has 110 valence electrons. The number of benzene rings is 2. The van der Waals surface area contributed by atoms with Gasteiger partial charge in [0.2, 0.25) is 5.70 Å². The van der Waals surface area contributed by atoms with Crippen molar-refractivity contribution in [2.45, 2.75) is 6.92 Å². The number of hydrogen-bond acceptors (Lipinski definition) is 4. The first-order valence-corrected chi connectivity index (χ1v) is 6.90. The minimum absolute atomic E-state index is 0.0919. The fourth-order valence-corrected chi connectivity index (χ4v) is 2.31. The lowest BCUT2D eigenvalue weighted by Crippen LogP contribution is -1.92. The van der Waals surface area contributed by atoms with Crippen LogP contribution in [0.2, 0.25) is 5.02 Å². The standard InChI is InChI=1S/C16H11ClN2O3/c1-10(19(20)21)8-11-2-4-12(5-3-11)16-14-7-6-13(17)9-15(14)22-18-16/h2-9H,1H3. The lowest BCUT2D eigenvalue weighted by Gasteiger charge is -1.99. The molecule has 0 atom stereocenters. The summed E-state index contributed by atoms with van der Waals surface area (Å²) in [6.45, 7) is 1.46. The summed E-state index contributed by atoms with van der Waals surface area (Å²) in [4.78, 5) is 10.2. The average molecular weight is 315 g/mol. The van der Waals surface area contributed by atoms with Crippen LogP contribution in [0.1, 0.15) is 12.5 Å². The Labute approximate surface area is 130 Å². The first-order valence-electron chi connectivity index (χ1n) is 6.52. The molecule has 0 fully saturated rings. The van der Waals surface area contributed by atoms with E-state index in [-0.39, 0.29) is 5.70 Å². The van der Waals surface area contributed by atoms with Crippen molar-refractivity contribution < 1.29 is 9.45 Å². The molecule has 0 N–H and O–H groups in total. The zero-order valence-electron chi connectivity index (χ0n) is 11.6. The summed E-state index contributed by atoms with van der Waals surface area (Å²) in [6, 6.07) is 12.7. The minimum Gasteiger partial charge on any atom is -0.356 e. The molecular weight excluding hydrogens is 304 g/mol. The molecule has 0 aliphatic heterocycles. The van der Waals surface area contributed by atoms with Gasteiger partial charge in [-0.1, -0.05) is 41.0 Å². The van der Waals surface area contributed by atoms with E-state index in [0.717, 1.165) is 16.5 Å². The van der Waals surface area contributed by atoms with Gasteiger partial charge in [0.05, 0.1) is 4.92 Å². The maximum atomic E-state index is 10.6. The van der Waals surface area contributed by atoms with E-state index in [1.54, 1.807) is 24.3 Å². The lowest BCUT2D eigenvalue weighted by atomic mass is 10.1. The predicted molar refractivity (Wildman–Crippen MR) is 85.1 cm³/mol. The Morgan fingerprint density at radius 3 is 2.68 bits per heavy atom. The van der Waals surface area contributed by atoms with Gasteiger partial charge in [0.25, 0.3) is 0 Å². The summed E-state index contributed by atoms with van der Waals surface area (Å²) < 4.78 is 5.27. The van der Waals surface area contributed by atoms with Gasteiger partial charge in [0.1, 0.15) is 5.69 Å².